The molecule has 0 fully saturated rings. The third-order valence-corrected chi connectivity index (χ3v) is 2.53. The highest BCUT2D eigenvalue weighted by atomic mass is 35.5. The molecule has 0 amide bonds. The lowest BCUT2D eigenvalue weighted by Gasteiger charge is -2.05. The van der Waals surface area contributed by atoms with Crippen LogP contribution in [0, 0.1) is 22.9 Å². The SMILES string of the molecule is Cc1nc(CNc2cc(F)c(Cl)cc2[N+](=O)[O-])no1. The average molecular weight is 287 g/mol. The predicted molar refractivity (Wildman–Crippen MR) is 64.4 cm³/mol. The molecule has 0 saturated carbocycles. The minimum absolute atomic E-state index is 0.00523. The quantitative estimate of drug-likeness (QED) is 0.686. The van der Waals surface area contributed by atoms with Crippen LogP contribution in [0.2, 0.25) is 5.02 Å². The molecule has 2 rings (SSSR count). The summed E-state index contributed by atoms with van der Waals surface area (Å²) in [7, 11) is 0. The van der Waals surface area contributed by atoms with Crippen molar-refractivity contribution < 1.29 is 13.8 Å². The number of hydrogen-bond acceptors (Lipinski definition) is 6. The van der Waals surface area contributed by atoms with Gasteiger partial charge >= 0.3 is 0 Å². The van der Waals surface area contributed by atoms with E-state index in [1.54, 1.807) is 6.92 Å². The summed E-state index contributed by atoms with van der Waals surface area (Å²) in [4.78, 5) is 14.1. The molecule has 0 saturated heterocycles. The van der Waals surface area contributed by atoms with Crippen molar-refractivity contribution in [2.45, 2.75) is 13.5 Å². The molecule has 2 aromatic rings. The maximum Gasteiger partial charge on any atom is 0.294 e. The molecule has 9 heteroatoms. The van der Waals surface area contributed by atoms with Crippen molar-refractivity contribution in [1.29, 1.82) is 0 Å². The fourth-order valence-electron chi connectivity index (χ4n) is 1.42. The van der Waals surface area contributed by atoms with Gasteiger partial charge in [0.2, 0.25) is 5.89 Å². The van der Waals surface area contributed by atoms with Crippen molar-refractivity contribution in [1.82, 2.24) is 10.1 Å². The van der Waals surface area contributed by atoms with Crippen LogP contribution in [0.1, 0.15) is 11.7 Å². The van der Waals surface area contributed by atoms with Crippen molar-refractivity contribution in [3.63, 3.8) is 0 Å². The van der Waals surface area contributed by atoms with Gasteiger partial charge in [-0.1, -0.05) is 16.8 Å². The largest absolute Gasteiger partial charge is 0.372 e. The maximum atomic E-state index is 13.3. The van der Waals surface area contributed by atoms with Gasteiger partial charge in [-0.25, -0.2) is 4.39 Å². The molecule has 0 aliphatic carbocycles. The highest BCUT2D eigenvalue weighted by Gasteiger charge is 2.18. The monoisotopic (exact) mass is 286 g/mol. The van der Waals surface area contributed by atoms with E-state index in [9.17, 15) is 14.5 Å². The summed E-state index contributed by atoms with van der Waals surface area (Å²) in [5.74, 6) is -0.0743. The fourth-order valence-corrected chi connectivity index (χ4v) is 1.57. The van der Waals surface area contributed by atoms with E-state index < -0.39 is 10.7 Å². The Morgan fingerprint density at radius 1 is 1.58 bits per heavy atom. The number of aromatic nitrogens is 2. The van der Waals surface area contributed by atoms with Crippen molar-refractivity contribution in [3.8, 4) is 0 Å². The van der Waals surface area contributed by atoms with E-state index in [1.807, 2.05) is 0 Å². The van der Waals surface area contributed by atoms with Gasteiger partial charge in [0.15, 0.2) is 5.82 Å². The van der Waals surface area contributed by atoms with Gasteiger partial charge in [-0.15, -0.1) is 0 Å². The van der Waals surface area contributed by atoms with E-state index in [2.05, 4.69) is 15.5 Å². The van der Waals surface area contributed by atoms with Gasteiger partial charge in [0, 0.05) is 19.1 Å². The molecule has 0 aliphatic rings. The number of aryl methyl sites for hydroxylation is 1. The van der Waals surface area contributed by atoms with Gasteiger partial charge in [0.25, 0.3) is 5.69 Å². The molecule has 1 N–H and O–H groups in total. The maximum absolute atomic E-state index is 13.3. The van der Waals surface area contributed by atoms with E-state index in [4.69, 9.17) is 16.1 Å². The Kier molecular flexibility index (Phi) is 3.61. The standard InChI is InChI=1S/C10H8ClFN4O3/c1-5-14-10(15-19-5)4-13-8-3-7(12)6(11)2-9(8)16(17)18/h2-3,13H,4H2,1H3. The third-order valence-electron chi connectivity index (χ3n) is 2.24. The van der Waals surface area contributed by atoms with Crippen LogP contribution in [-0.4, -0.2) is 15.1 Å². The van der Waals surface area contributed by atoms with Crippen molar-refractivity contribution in [3.05, 3.63) is 44.8 Å². The number of nitrogens with zero attached hydrogens (tertiary/aromatic N) is 3. The smallest absolute Gasteiger partial charge is 0.294 e. The summed E-state index contributed by atoms with van der Waals surface area (Å²) < 4.78 is 18.1. The Morgan fingerprint density at radius 2 is 2.32 bits per heavy atom. The summed E-state index contributed by atoms with van der Waals surface area (Å²) in [6, 6.07) is 1.90. The summed E-state index contributed by atoms with van der Waals surface area (Å²) in [6.45, 7) is 1.68. The minimum atomic E-state index is -0.751. The Bertz CT molecular complexity index is 631. The predicted octanol–water partition coefficient (Wildman–Crippen LogP) is 2.69. The van der Waals surface area contributed by atoms with Crippen molar-refractivity contribution in [2.24, 2.45) is 0 Å². The lowest BCUT2D eigenvalue weighted by atomic mass is 10.2. The molecule has 0 atom stereocenters. The number of anilines is 1. The molecule has 0 aliphatic heterocycles. The minimum Gasteiger partial charge on any atom is -0.372 e. The zero-order valence-corrected chi connectivity index (χ0v) is 10.4. The molecule has 0 radical (unpaired) electrons. The first-order valence-electron chi connectivity index (χ1n) is 5.14. The van der Waals surface area contributed by atoms with E-state index in [1.165, 1.54) is 0 Å². The summed E-state index contributed by atoms with van der Waals surface area (Å²) >= 11 is 5.50. The van der Waals surface area contributed by atoms with E-state index >= 15 is 0 Å². The number of halogens is 2. The van der Waals surface area contributed by atoms with Gasteiger partial charge in [-0.2, -0.15) is 4.98 Å². The van der Waals surface area contributed by atoms with Crippen LogP contribution in [0.5, 0.6) is 0 Å². The number of rotatable bonds is 4. The van der Waals surface area contributed by atoms with Gasteiger partial charge < -0.3 is 9.84 Å². The average Bonchev–Trinajstić information content (AvgIpc) is 2.76. The number of nitrogens with one attached hydrogen (secondary N) is 1. The van der Waals surface area contributed by atoms with Crippen LogP contribution in [0.15, 0.2) is 16.7 Å². The zero-order chi connectivity index (χ0) is 14.0. The molecule has 19 heavy (non-hydrogen) atoms. The molecule has 100 valence electrons. The molecular formula is C10H8ClFN4O3. The van der Waals surface area contributed by atoms with Crippen LogP contribution in [0.25, 0.3) is 0 Å². The van der Waals surface area contributed by atoms with Crippen LogP contribution < -0.4 is 5.32 Å². The zero-order valence-electron chi connectivity index (χ0n) is 9.68. The van der Waals surface area contributed by atoms with Gasteiger partial charge in [0.05, 0.1) is 16.5 Å². The van der Waals surface area contributed by atoms with Crippen LogP contribution in [0.4, 0.5) is 15.8 Å². The summed E-state index contributed by atoms with van der Waals surface area (Å²) in [6.07, 6.45) is 0. The Balaban J connectivity index is 2.23. The molecule has 0 bridgehead atoms. The molecule has 1 aromatic carbocycles. The lowest BCUT2D eigenvalue weighted by molar-refractivity contribution is -0.384. The second-order valence-electron chi connectivity index (χ2n) is 3.62. The van der Waals surface area contributed by atoms with Gasteiger partial charge in [0.1, 0.15) is 11.5 Å². The molecular weight excluding hydrogens is 279 g/mol. The summed E-state index contributed by atoms with van der Waals surface area (Å²) in [5.41, 5.74) is -0.332. The van der Waals surface area contributed by atoms with Crippen LogP contribution >= 0.6 is 11.6 Å². The number of hydrogen-bond donors (Lipinski definition) is 1. The number of nitro groups is 1. The Hall–Kier alpha value is -2.22. The van der Waals surface area contributed by atoms with E-state index in [0.717, 1.165) is 12.1 Å². The first kappa shape index (κ1) is 13.2. The molecule has 7 nitrogen and oxygen atoms in total. The lowest BCUT2D eigenvalue weighted by Crippen LogP contribution is -2.04. The molecule has 1 aromatic heterocycles. The fraction of sp³-hybridized carbons (Fsp3) is 0.200. The van der Waals surface area contributed by atoms with E-state index in [0.29, 0.717) is 11.7 Å². The second-order valence-corrected chi connectivity index (χ2v) is 4.03. The molecule has 1 heterocycles. The summed E-state index contributed by atoms with van der Waals surface area (Å²) in [5, 5.41) is 16.8. The second kappa shape index (κ2) is 5.19. The highest BCUT2D eigenvalue weighted by molar-refractivity contribution is 6.31. The number of benzene rings is 1. The van der Waals surface area contributed by atoms with Crippen molar-refractivity contribution >= 4 is 23.0 Å². The van der Waals surface area contributed by atoms with Gasteiger partial charge in [-0.3, -0.25) is 10.1 Å². The first-order valence-corrected chi connectivity index (χ1v) is 5.51. The normalized spacial score (nSPS) is 10.5. The van der Waals surface area contributed by atoms with Crippen molar-refractivity contribution in [2.75, 3.05) is 5.32 Å². The topological polar surface area (TPSA) is 94.1 Å². The first-order chi connectivity index (χ1) is 8.97. The highest BCUT2D eigenvalue weighted by Crippen LogP contribution is 2.30. The van der Waals surface area contributed by atoms with E-state index in [-0.39, 0.29) is 22.9 Å². The Morgan fingerprint density at radius 3 is 2.89 bits per heavy atom. The van der Waals surface area contributed by atoms with Crippen LogP contribution in [-0.2, 0) is 6.54 Å². The molecule has 0 unspecified atom stereocenters. The third kappa shape index (κ3) is 2.97. The van der Waals surface area contributed by atoms with Crippen LogP contribution in [0.3, 0.4) is 0 Å². The van der Waals surface area contributed by atoms with Gasteiger partial charge in [-0.05, 0) is 0 Å². The Labute approximate surface area is 111 Å². The number of nitro benzene ring substituents is 1. The molecule has 0 spiro atoms.